The van der Waals surface area contributed by atoms with Crippen LogP contribution in [0.4, 0.5) is 10.1 Å². The van der Waals surface area contributed by atoms with E-state index in [1.807, 2.05) is 32.0 Å². The first kappa shape index (κ1) is 18.6. The Balaban J connectivity index is 1.83. The highest BCUT2D eigenvalue weighted by atomic mass is 19.1. The van der Waals surface area contributed by atoms with Gasteiger partial charge >= 0.3 is 0 Å². The minimum Gasteiger partial charge on any atom is -0.355 e. The Morgan fingerprint density at radius 3 is 2.44 bits per heavy atom. The second-order valence-electron chi connectivity index (χ2n) is 5.88. The average Bonchev–Trinajstić information content (AvgIpc) is 2.58. The number of aryl methyl sites for hydroxylation is 2. The maximum atomic E-state index is 13.5. The van der Waals surface area contributed by atoms with E-state index in [-0.39, 0.29) is 30.6 Å². The predicted molar refractivity (Wildman–Crippen MR) is 96.9 cm³/mol. The van der Waals surface area contributed by atoms with E-state index in [9.17, 15) is 14.0 Å². The molecule has 0 fully saturated rings. The maximum absolute atomic E-state index is 13.5. The van der Waals surface area contributed by atoms with Gasteiger partial charge in [-0.25, -0.2) is 4.39 Å². The lowest BCUT2D eigenvalue weighted by Crippen LogP contribution is -2.30. The number of para-hydroxylation sites is 1. The zero-order valence-corrected chi connectivity index (χ0v) is 14.6. The Kier molecular flexibility index (Phi) is 6.69. The molecule has 5 heteroatoms. The molecule has 0 aromatic heterocycles. The van der Waals surface area contributed by atoms with E-state index < -0.39 is 0 Å². The van der Waals surface area contributed by atoms with Crippen LogP contribution in [0.5, 0.6) is 0 Å². The van der Waals surface area contributed by atoms with Gasteiger partial charge in [0.05, 0.1) is 0 Å². The first-order valence-corrected chi connectivity index (χ1v) is 8.39. The summed E-state index contributed by atoms with van der Waals surface area (Å²) >= 11 is 0. The van der Waals surface area contributed by atoms with Crippen LogP contribution in [0.3, 0.4) is 0 Å². The highest BCUT2D eigenvalue weighted by molar-refractivity contribution is 6.04. The molecule has 0 saturated carbocycles. The van der Waals surface area contributed by atoms with Crippen LogP contribution < -0.4 is 10.6 Å². The number of anilines is 1. The second kappa shape index (κ2) is 8.97. The number of nitrogens with one attached hydrogen (secondary N) is 2. The molecule has 0 saturated heterocycles. The summed E-state index contributed by atoms with van der Waals surface area (Å²) in [4.78, 5) is 24.0. The van der Waals surface area contributed by atoms with Gasteiger partial charge in [0.25, 0.3) is 0 Å². The molecule has 0 aliphatic carbocycles. The van der Waals surface area contributed by atoms with Crippen LogP contribution >= 0.6 is 0 Å². The molecule has 2 aromatic rings. The van der Waals surface area contributed by atoms with Gasteiger partial charge < -0.3 is 10.6 Å². The summed E-state index contributed by atoms with van der Waals surface area (Å²) in [5.41, 5.74) is 3.31. The third-order valence-electron chi connectivity index (χ3n) is 4.00. The van der Waals surface area contributed by atoms with E-state index in [4.69, 9.17) is 0 Å². The summed E-state index contributed by atoms with van der Waals surface area (Å²) in [6.45, 7) is 4.22. The van der Waals surface area contributed by atoms with Gasteiger partial charge in [-0.2, -0.15) is 0 Å². The summed E-state index contributed by atoms with van der Waals surface area (Å²) in [6.07, 6.45) is 0.929. The van der Waals surface area contributed by atoms with E-state index in [0.29, 0.717) is 12.0 Å². The lowest BCUT2D eigenvalue weighted by molar-refractivity contribution is -0.126. The van der Waals surface area contributed by atoms with Crippen molar-refractivity contribution in [1.82, 2.24) is 5.32 Å². The van der Waals surface area contributed by atoms with Crippen LogP contribution in [0.25, 0.3) is 0 Å². The molecule has 2 aromatic carbocycles. The summed E-state index contributed by atoms with van der Waals surface area (Å²) in [6, 6.07) is 12.3. The normalized spacial score (nSPS) is 10.4. The van der Waals surface area contributed by atoms with Gasteiger partial charge in [-0.05, 0) is 42.5 Å². The fraction of sp³-hybridized carbons (Fsp3) is 0.300. The molecule has 2 rings (SSSR count). The SMILES string of the molecule is CCc1cccc(C)c1NC(=O)CC(=O)NCCc1ccccc1F. The molecule has 0 unspecified atom stereocenters. The van der Waals surface area contributed by atoms with Crippen molar-refractivity contribution in [3.05, 3.63) is 65.0 Å². The van der Waals surface area contributed by atoms with Crippen LogP contribution in [0.1, 0.15) is 30.0 Å². The van der Waals surface area contributed by atoms with E-state index >= 15 is 0 Å². The monoisotopic (exact) mass is 342 g/mol. The van der Waals surface area contributed by atoms with Crippen molar-refractivity contribution < 1.29 is 14.0 Å². The lowest BCUT2D eigenvalue weighted by Gasteiger charge is -2.13. The summed E-state index contributed by atoms with van der Waals surface area (Å²) in [5, 5.41) is 5.47. The van der Waals surface area contributed by atoms with Gasteiger partial charge in [0.1, 0.15) is 12.2 Å². The molecule has 132 valence electrons. The molecule has 4 nitrogen and oxygen atoms in total. The third kappa shape index (κ3) is 5.41. The molecular weight excluding hydrogens is 319 g/mol. The van der Waals surface area contributed by atoms with E-state index in [2.05, 4.69) is 10.6 Å². The Bertz CT molecular complexity index is 759. The average molecular weight is 342 g/mol. The molecule has 0 radical (unpaired) electrons. The summed E-state index contributed by atoms with van der Waals surface area (Å²) in [5.74, 6) is -1.02. The second-order valence-corrected chi connectivity index (χ2v) is 5.88. The molecule has 0 aliphatic rings. The highest BCUT2D eigenvalue weighted by Gasteiger charge is 2.12. The van der Waals surface area contributed by atoms with Crippen molar-refractivity contribution in [3.63, 3.8) is 0 Å². The lowest BCUT2D eigenvalue weighted by atomic mass is 10.1. The summed E-state index contributed by atoms with van der Waals surface area (Å²) in [7, 11) is 0. The van der Waals surface area contributed by atoms with Crippen LogP contribution in [0, 0.1) is 12.7 Å². The largest absolute Gasteiger partial charge is 0.355 e. The number of hydrogen-bond acceptors (Lipinski definition) is 2. The first-order valence-electron chi connectivity index (χ1n) is 8.39. The number of halogens is 1. The predicted octanol–water partition coefficient (Wildman–Crippen LogP) is 3.38. The van der Waals surface area contributed by atoms with E-state index in [1.54, 1.807) is 18.2 Å². The van der Waals surface area contributed by atoms with E-state index in [0.717, 1.165) is 23.2 Å². The van der Waals surface area contributed by atoms with Crippen molar-refractivity contribution in [1.29, 1.82) is 0 Å². The number of benzene rings is 2. The van der Waals surface area contributed by atoms with Crippen LogP contribution in [-0.2, 0) is 22.4 Å². The van der Waals surface area contributed by atoms with Crippen molar-refractivity contribution >= 4 is 17.5 Å². The molecule has 0 heterocycles. The minimum atomic E-state index is -0.375. The number of carbonyl (C=O) groups excluding carboxylic acids is 2. The maximum Gasteiger partial charge on any atom is 0.233 e. The molecule has 0 bridgehead atoms. The van der Waals surface area contributed by atoms with Gasteiger partial charge in [-0.3, -0.25) is 9.59 Å². The fourth-order valence-electron chi connectivity index (χ4n) is 2.63. The van der Waals surface area contributed by atoms with Gasteiger partial charge in [0, 0.05) is 12.2 Å². The van der Waals surface area contributed by atoms with Crippen LogP contribution in [0.2, 0.25) is 0 Å². The van der Waals surface area contributed by atoms with Gasteiger partial charge in [-0.1, -0.05) is 43.3 Å². The van der Waals surface area contributed by atoms with Gasteiger partial charge in [0.15, 0.2) is 0 Å². The zero-order valence-electron chi connectivity index (χ0n) is 14.6. The Morgan fingerprint density at radius 2 is 1.72 bits per heavy atom. The molecule has 0 atom stereocenters. The number of rotatable bonds is 7. The minimum absolute atomic E-state index is 0.255. The van der Waals surface area contributed by atoms with Gasteiger partial charge in [-0.15, -0.1) is 0 Å². The fourth-order valence-corrected chi connectivity index (χ4v) is 2.63. The molecule has 25 heavy (non-hydrogen) atoms. The van der Waals surface area contributed by atoms with Crippen molar-refractivity contribution in [2.75, 3.05) is 11.9 Å². The van der Waals surface area contributed by atoms with Crippen LogP contribution in [0.15, 0.2) is 42.5 Å². The third-order valence-corrected chi connectivity index (χ3v) is 4.00. The number of amides is 2. The smallest absolute Gasteiger partial charge is 0.233 e. The summed E-state index contributed by atoms with van der Waals surface area (Å²) < 4.78 is 13.5. The van der Waals surface area contributed by atoms with Crippen molar-refractivity contribution in [2.24, 2.45) is 0 Å². The zero-order chi connectivity index (χ0) is 18.2. The number of hydrogen-bond donors (Lipinski definition) is 2. The number of carbonyl (C=O) groups is 2. The Hall–Kier alpha value is -2.69. The quantitative estimate of drug-likeness (QED) is 0.758. The molecule has 2 N–H and O–H groups in total. The van der Waals surface area contributed by atoms with Gasteiger partial charge in [0.2, 0.25) is 11.8 Å². The molecular formula is C20H23FN2O2. The molecule has 0 spiro atoms. The Labute approximate surface area is 147 Å². The van der Waals surface area contributed by atoms with Crippen molar-refractivity contribution in [2.45, 2.75) is 33.1 Å². The van der Waals surface area contributed by atoms with E-state index in [1.165, 1.54) is 6.07 Å². The molecule has 0 aliphatic heterocycles. The van der Waals surface area contributed by atoms with Crippen molar-refractivity contribution in [3.8, 4) is 0 Å². The standard InChI is InChI=1S/C20H23FN2O2/c1-3-15-9-6-7-14(2)20(15)23-19(25)13-18(24)22-12-11-16-8-4-5-10-17(16)21/h4-10H,3,11-13H2,1-2H3,(H,22,24)(H,23,25). The topological polar surface area (TPSA) is 58.2 Å². The highest BCUT2D eigenvalue weighted by Crippen LogP contribution is 2.21. The first-order chi connectivity index (χ1) is 12.0. The Morgan fingerprint density at radius 1 is 1.00 bits per heavy atom. The molecule has 2 amide bonds. The van der Waals surface area contributed by atoms with Crippen LogP contribution in [-0.4, -0.2) is 18.4 Å².